The van der Waals surface area contributed by atoms with Gasteiger partial charge in [0.05, 0.1) is 0 Å². The van der Waals surface area contributed by atoms with Crippen LogP contribution in [0, 0.1) is 5.92 Å². The summed E-state index contributed by atoms with van der Waals surface area (Å²) in [4.78, 5) is 0. The Morgan fingerprint density at radius 1 is 1.31 bits per heavy atom. The standard InChI is InChI=1S/C11H15O.Li/c1-3-10(2)9-12-11-7-5-4-6-8-11;/h5-8,10H,3,9H2,1-2H3;. The van der Waals surface area contributed by atoms with E-state index in [-0.39, 0.29) is 0 Å². The Hall–Kier alpha value is -0.383. The first-order valence-electron chi connectivity index (χ1n) is 4.92. The Morgan fingerprint density at radius 2 is 1.92 bits per heavy atom. The predicted octanol–water partition coefficient (Wildman–Crippen LogP) is 1.91. The fraction of sp³-hybridized carbons (Fsp3) is 0.455. The van der Waals surface area contributed by atoms with E-state index in [0.29, 0.717) is 5.92 Å². The summed E-state index contributed by atoms with van der Waals surface area (Å²) in [6, 6.07) is 8.20. The molecular weight excluding hydrogens is 155 g/mol. The summed E-state index contributed by atoms with van der Waals surface area (Å²) in [7, 11) is 0. The molecule has 1 rings (SSSR count). The van der Waals surface area contributed by atoms with Crippen molar-refractivity contribution in [1.29, 1.82) is 0 Å². The maximum atomic E-state index is 5.61. The zero-order valence-corrected chi connectivity index (χ0v) is 8.71. The molecule has 0 amide bonds. The van der Waals surface area contributed by atoms with Crippen molar-refractivity contribution < 1.29 is 4.74 Å². The third-order valence-electron chi connectivity index (χ3n) is 2.25. The first-order valence-corrected chi connectivity index (χ1v) is 4.92. The van der Waals surface area contributed by atoms with Gasteiger partial charge in [-0.05, 0) is 0 Å². The zero-order chi connectivity index (χ0) is 9.68. The number of hydrogen-bond donors (Lipinski definition) is 0. The van der Waals surface area contributed by atoms with E-state index in [2.05, 4.69) is 43.7 Å². The number of rotatable bonds is 4. The van der Waals surface area contributed by atoms with E-state index in [1.165, 1.54) is 10.7 Å². The quantitative estimate of drug-likeness (QED) is 0.627. The third kappa shape index (κ3) is 3.89. The fourth-order valence-corrected chi connectivity index (χ4v) is 0.991. The summed E-state index contributed by atoms with van der Waals surface area (Å²) in [5, 5.41) is 0. The Balaban J connectivity index is 2.41. The van der Waals surface area contributed by atoms with Crippen molar-refractivity contribution in [2.45, 2.75) is 20.3 Å². The minimum atomic E-state index is 0.640. The molecule has 0 radical (unpaired) electrons. The van der Waals surface area contributed by atoms with E-state index in [0.717, 1.165) is 12.4 Å². The molecule has 0 N–H and O–H groups in total. The van der Waals surface area contributed by atoms with Crippen molar-refractivity contribution in [3.8, 4) is 5.75 Å². The van der Waals surface area contributed by atoms with Gasteiger partial charge in [0, 0.05) is 0 Å². The Bertz CT molecular complexity index is 243. The Labute approximate surface area is 89.7 Å². The molecule has 1 nitrogen and oxygen atoms in total. The molecule has 0 aromatic heterocycles. The molecule has 1 aromatic rings. The molecule has 0 fully saturated rings. The van der Waals surface area contributed by atoms with Crippen molar-refractivity contribution >= 4 is 22.0 Å². The summed E-state index contributed by atoms with van der Waals surface area (Å²) in [5.41, 5.74) is 0. The van der Waals surface area contributed by atoms with Crippen LogP contribution in [0.15, 0.2) is 24.3 Å². The molecule has 2 heteroatoms. The predicted molar refractivity (Wildman–Crippen MR) is 56.8 cm³/mol. The first kappa shape index (κ1) is 10.7. The van der Waals surface area contributed by atoms with Gasteiger partial charge >= 0.3 is 89.5 Å². The molecular formula is C11H15LiO. The molecule has 0 aliphatic rings. The van der Waals surface area contributed by atoms with E-state index in [4.69, 9.17) is 4.74 Å². The number of hydrogen-bond acceptors (Lipinski definition) is 1. The van der Waals surface area contributed by atoms with Crippen molar-refractivity contribution in [2.75, 3.05) is 6.61 Å². The van der Waals surface area contributed by atoms with Crippen LogP contribution in [-0.4, -0.2) is 24.3 Å². The van der Waals surface area contributed by atoms with Gasteiger partial charge in [-0.2, -0.15) is 0 Å². The summed E-state index contributed by atoms with van der Waals surface area (Å²) in [5.74, 6) is 1.62. The summed E-state index contributed by atoms with van der Waals surface area (Å²) >= 11 is 2.08. The molecule has 0 saturated heterocycles. The molecule has 1 aromatic carbocycles. The SMILES string of the molecule is [Li][c]1ccc(OCC(C)CC)cc1. The summed E-state index contributed by atoms with van der Waals surface area (Å²) in [6.45, 7) is 5.21. The van der Waals surface area contributed by atoms with Gasteiger partial charge in [-0.25, -0.2) is 0 Å². The van der Waals surface area contributed by atoms with Crippen LogP contribution < -0.4 is 8.97 Å². The van der Waals surface area contributed by atoms with Crippen molar-refractivity contribution in [3.05, 3.63) is 24.3 Å². The average Bonchev–Trinajstić information content (AvgIpc) is 2.16. The first-order chi connectivity index (χ1) is 6.22. The molecule has 1 unspecified atom stereocenters. The van der Waals surface area contributed by atoms with Crippen LogP contribution in [0.3, 0.4) is 0 Å². The number of ether oxygens (including phenoxy) is 1. The molecule has 0 aliphatic carbocycles. The Morgan fingerprint density at radius 3 is 2.46 bits per heavy atom. The van der Waals surface area contributed by atoms with Gasteiger partial charge < -0.3 is 0 Å². The summed E-state index contributed by atoms with van der Waals surface area (Å²) < 4.78 is 6.89. The van der Waals surface area contributed by atoms with Gasteiger partial charge in [-0.3, -0.25) is 0 Å². The van der Waals surface area contributed by atoms with Crippen molar-refractivity contribution in [1.82, 2.24) is 0 Å². The second-order valence-corrected chi connectivity index (χ2v) is 3.64. The van der Waals surface area contributed by atoms with Gasteiger partial charge in [-0.15, -0.1) is 0 Å². The Kier molecular flexibility index (Phi) is 4.42. The summed E-state index contributed by atoms with van der Waals surface area (Å²) in [6.07, 6.45) is 1.17. The van der Waals surface area contributed by atoms with Gasteiger partial charge in [0.2, 0.25) is 0 Å². The van der Waals surface area contributed by atoms with E-state index >= 15 is 0 Å². The van der Waals surface area contributed by atoms with E-state index in [1.807, 2.05) is 12.1 Å². The van der Waals surface area contributed by atoms with Gasteiger partial charge in [0.15, 0.2) is 0 Å². The van der Waals surface area contributed by atoms with E-state index in [1.54, 1.807) is 0 Å². The van der Waals surface area contributed by atoms with Gasteiger partial charge in [-0.1, -0.05) is 0 Å². The van der Waals surface area contributed by atoms with Crippen molar-refractivity contribution in [3.63, 3.8) is 0 Å². The van der Waals surface area contributed by atoms with Crippen molar-refractivity contribution in [2.24, 2.45) is 5.92 Å². The van der Waals surface area contributed by atoms with Crippen LogP contribution in [-0.2, 0) is 0 Å². The minimum absolute atomic E-state index is 0.640. The average molecular weight is 170 g/mol. The molecule has 1 atom stereocenters. The van der Waals surface area contributed by atoms with Crippen LogP contribution in [0.1, 0.15) is 20.3 Å². The maximum absolute atomic E-state index is 5.61. The second kappa shape index (κ2) is 5.37. The van der Waals surface area contributed by atoms with E-state index < -0.39 is 0 Å². The molecule has 0 bridgehead atoms. The van der Waals surface area contributed by atoms with Crippen LogP contribution in [0.2, 0.25) is 0 Å². The molecule has 0 heterocycles. The topological polar surface area (TPSA) is 9.23 Å². The molecule has 0 aliphatic heterocycles. The molecule has 0 spiro atoms. The monoisotopic (exact) mass is 170 g/mol. The van der Waals surface area contributed by atoms with Crippen LogP contribution >= 0.6 is 0 Å². The fourth-order valence-electron chi connectivity index (χ4n) is 0.991. The number of benzene rings is 1. The van der Waals surface area contributed by atoms with Gasteiger partial charge in [0.25, 0.3) is 0 Å². The van der Waals surface area contributed by atoms with Gasteiger partial charge in [0.1, 0.15) is 0 Å². The third-order valence-corrected chi connectivity index (χ3v) is 2.25. The van der Waals surface area contributed by atoms with Crippen LogP contribution in [0.5, 0.6) is 5.75 Å². The molecule has 66 valence electrons. The van der Waals surface area contributed by atoms with Crippen LogP contribution in [0.4, 0.5) is 0 Å². The van der Waals surface area contributed by atoms with E-state index in [9.17, 15) is 0 Å². The second-order valence-electron chi connectivity index (χ2n) is 3.64. The molecule has 0 saturated carbocycles. The van der Waals surface area contributed by atoms with Crippen LogP contribution in [0.25, 0.3) is 0 Å². The zero-order valence-electron chi connectivity index (χ0n) is 8.71. The normalized spacial score (nSPS) is 12.6. The molecule has 13 heavy (non-hydrogen) atoms.